The van der Waals surface area contributed by atoms with Crippen molar-refractivity contribution < 1.29 is 9.18 Å². The Morgan fingerprint density at radius 1 is 0.944 bits per heavy atom. The van der Waals surface area contributed by atoms with Crippen LogP contribution in [0.15, 0.2) is 48.7 Å². The van der Waals surface area contributed by atoms with Gasteiger partial charge in [-0.25, -0.2) is 4.39 Å². The van der Waals surface area contributed by atoms with Crippen molar-refractivity contribution >= 4 is 12.9 Å². The first-order valence-corrected chi connectivity index (χ1v) is 14.0. The number of rotatable bonds is 5. The predicted octanol–water partition coefficient (Wildman–Crippen LogP) is 8.62. The number of carbonyl (C=O) groups is 1. The van der Waals surface area contributed by atoms with Crippen LogP contribution >= 0.6 is 0 Å². The van der Waals surface area contributed by atoms with Crippen molar-refractivity contribution in [2.45, 2.75) is 80.1 Å². The Balaban J connectivity index is 0.000000225. The molecule has 0 bridgehead atoms. The number of nitrogens with one attached hydrogen (secondary N) is 1. The van der Waals surface area contributed by atoms with Gasteiger partial charge in [-0.2, -0.15) is 0 Å². The molecule has 0 aliphatic heterocycles. The van der Waals surface area contributed by atoms with Crippen LogP contribution in [0, 0.1) is 41.3 Å². The van der Waals surface area contributed by atoms with Crippen LogP contribution < -0.4 is 5.32 Å². The lowest BCUT2D eigenvalue weighted by atomic mass is 9.13. The summed E-state index contributed by atoms with van der Waals surface area (Å²) in [5.41, 5.74) is 6.13. The molecule has 2 nitrogen and oxygen atoms in total. The SMILES string of the molecule is C=O.CC.CC.CCC12CC3CC4CC(C1)C432.CN/C=C\c1c(C)cccc1Cc1ccccc1F. The quantitative estimate of drug-likeness (QED) is 0.452. The molecule has 36 heavy (non-hydrogen) atoms. The molecule has 1 spiro atoms. The highest BCUT2D eigenvalue weighted by molar-refractivity contribution is 5.58. The Bertz CT molecular complexity index is 971. The van der Waals surface area contributed by atoms with E-state index in [0.717, 1.165) is 27.5 Å². The lowest BCUT2D eigenvalue weighted by Gasteiger charge is -2.91. The first-order valence-electron chi connectivity index (χ1n) is 14.0. The molecule has 6 rings (SSSR count). The molecule has 2 aromatic carbocycles. The topological polar surface area (TPSA) is 29.1 Å². The lowest BCUT2D eigenvalue weighted by Crippen LogP contribution is -2.85. The molecule has 0 radical (unpaired) electrons. The zero-order valence-corrected chi connectivity index (χ0v) is 23.7. The highest BCUT2D eigenvalue weighted by atomic mass is 19.1. The van der Waals surface area contributed by atoms with Crippen LogP contribution in [0.1, 0.15) is 89.0 Å². The Kier molecular flexibility index (Phi) is 10.9. The average molecular weight is 494 g/mol. The molecule has 0 amide bonds. The molecular weight excluding hydrogens is 445 g/mol. The minimum absolute atomic E-state index is 0.146. The fourth-order valence-electron chi connectivity index (χ4n) is 7.91. The van der Waals surface area contributed by atoms with E-state index in [0.29, 0.717) is 6.42 Å². The van der Waals surface area contributed by atoms with Gasteiger partial charge in [0.05, 0.1) is 0 Å². The molecule has 2 aromatic rings. The van der Waals surface area contributed by atoms with Gasteiger partial charge >= 0.3 is 0 Å². The van der Waals surface area contributed by atoms with Crippen LogP contribution in [0.25, 0.3) is 6.08 Å². The van der Waals surface area contributed by atoms with Crippen molar-refractivity contribution in [2.24, 2.45) is 28.6 Å². The fraction of sp³-hybridized carbons (Fsp3) is 0.545. The molecule has 4 aliphatic carbocycles. The Labute approximate surface area is 219 Å². The van der Waals surface area contributed by atoms with Gasteiger partial charge in [0.1, 0.15) is 12.6 Å². The second-order valence-electron chi connectivity index (χ2n) is 10.1. The fourth-order valence-corrected chi connectivity index (χ4v) is 7.91. The second kappa shape index (κ2) is 13.2. The van der Waals surface area contributed by atoms with Crippen LogP contribution in [-0.4, -0.2) is 13.8 Å². The summed E-state index contributed by atoms with van der Waals surface area (Å²) < 4.78 is 13.7. The van der Waals surface area contributed by atoms with Gasteiger partial charge in [-0.3, -0.25) is 0 Å². The van der Waals surface area contributed by atoms with Crippen molar-refractivity contribution in [3.05, 3.63) is 76.7 Å². The Hall–Kier alpha value is -2.42. The summed E-state index contributed by atoms with van der Waals surface area (Å²) in [7, 11) is 1.87. The molecule has 2 unspecified atom stereocenters. The molecule has 0 heterocycles. The van der Waals surface area contributed by atoms with Gasteiger partial charge in [0.25, 0.3) is 0 Å². The van der Waals surface area contributed by atoms with E-state index in [9.17, 15) is 4.39 Å². The molecule has 3 heteroatoms. The van der Waals surface area contributed by atoms with Gasteiger partial charge in [-0.15, -0.1) is 0 Å². The lowest BCUT2D eigenvalue weighted by molar-refractivity contribution is -0.432. The third kappa shape index (κ3) is 4.78. The number of carbonyl (C=O) groups excluding carboxylic acids is 1. The minimum atomic E-state index is -0.146. The van der Waals surface area contributed by atoms with Crippen molar-refractivity contribution in [1.82, 2.24) is 5.32 Å². The van der Waals surface area contributed by atoms with Crippen molar-refractivity contribution in [1.29, 1.82) is 0 Å². The first-order chi connectivity index (χ1) is 17.6. The van der Waals surface area contributed by atoms with E-state index in [2.05, 4.69) is 31.3 Å². The van der Waals surface area contributed by atoms with Crippen molar-refractivity contribution in [3.8, 4) is 0 Å². The molecular formula is C33H48FNO. The summed E-state index contributed by atoms with van der Waals surface area (Å²) in [6, 6.07) is 13.1. The maximum atomic E-state index is 13.7. The first kappa shape index (κ1) is 29.8. The van der Waals surface area contributed by atoms with E-state index >= 15 is 0 Å². The normalized spacial score (nSPS) is 28.9. The number of benzene rings is 2. The van der Waals surface area contributed by atoms with E-state index in [-0.39, 0.29) is 5.82 Å². The predicted molar refractivity (Wildman–Crippen MR) is 152 cm³/mol. The van der Waals surface area contributed by atoms with Gasteiger partial charge in [0.2, 0.25) is 0 Å². The summed E-state index contributed by atoms with van der Waals surface area (Å²) >= 11 is 0. The number of hydrogen-bond donors (Lipinski definition) is 1. The van der Waals surface area contributed by atoms with Gasteiger partial charge in [0.15, 0.2) is 0 Å². The maximum Gasteiger partial charge on any atom is 0.126 e. The van der Waals surface area contributed by atoms with Crippen molar-refractivity contribution in [2.75, 3.05) is 7.05 Å². The summed E-state index contributed by atoms with van der Waals surface area (Å²) in [4.78, 5) is 8.00. The van der Waals surface area contributed by atoms with E-state index in [4.69, 9.17) is 4.79 Å². The largest absolute Gasteiger partial charge is 0.394 e. The Morgan fingerprint density at radius 3 is 2.00 bits per heavy atom. The molecule has 4 saturated carbocycles. The number of halogens is 1. The van der Waals surface area contributed by atoms with E-state index in [1.807, 2.05) is 72.0 Å². The summed E-state index contributed by atoms with van der Waals surface area (Å²) in [6.07, 6.45) is 12.5. The summed E-state index contributed by atoms with van der Waals surface area (Å²) in [5, 5.41) is 2.99. The highest BCUT2D eigenvalue weighted by Crippen LogP contribution is 2.93. The minimum Gasteiger partial charge on any atom is -0.394 e. The summed E-state index contributed by atoms with van der Waals surface area (Å²) in [6.45, 7) is 14.5. The van der Waals surface area contributed by atoms with Crippen LogP contribution in [0.2, 0.25) is 0 Å². The zero-order valence-electron chi connectivity index (χ0n) is 23.7. The van der Waals surface area contributed by atoms with Gasteiger partial charge < -0.3 is 10.1 Å². The zero-order chi connectivity index (χ0) is 26.9. The van der Waals surface area contributed by atoms with E-state index < -0.39 is 0 Å². The van der Waals surface area contributed by atoms with Gasteiger partial charge in [0, 0.05) is 13.5 Å². The monoisotopic (exact) mass is 493 g/mol. The number of aryl methyl sites for hydroxylation is 1. The van der Waals surface area contributed by atoms with Crippen LogP contribution in [-0.2, 0) is 11.2 Å². The van der Waals surface area contributed by atoms with Crippen molar-refractivity contribution in [3.63, 3.8) is 0 Å². The van der Waals surface area contributed by atoms with Crippen LogP contribution in [0.4, 0.5) is 4.39 Å². The smallest absolute Gasteiger partial charge is 0.126 e. The third-order valence-corrected chi connectivity index (χ3v) is 9.20. The van der Waals surface area contributed by atoms with Gasteiger partial charge in [-0.05, 0) is 108 Å². The molecule has 0 saturated heterocycles. The summed E-state index contributed by atoms with van der Waals surface area (Å²) in [5.74, 6) is 3.52. The molecule has 4 aliphatic rings. The van der Waals surface area contributed by atoms with Gasteiger partial charge in [-0.1, -0.05) is 71.0 Å². The molecule has 4 fully saturated rings. The van der Waals surface area contributed by atoms with Crippen LogP contribution in [0.3, 0.4) is 0 Å². The number of hydrogen-bond acceptors (Lipinski definition) is 2. The molecule has 2 atom stereocenters. The Morgan fingerprint density at radius 2 is 1.53 bits per heavy atom. The average Bonchev–Trinajstić information content (AvgIpc) is 2.88. The standard InChI is InChI=1S/C17H18FN.C11H16.2C2H6.CH2O/c1-13-6-5-8-14(16(13)10-11-19-2)12-15-7-3-4-9-17(15)18;1-2-10-5-8-3-7-4-9(6-10)11(7,8)10;3*1-2/h3-11,19H,12H2,1-2H3;7-9H,2-6H2,1H3;2*1-2H3;1H2/b11-10-;;;;. The van der Waals surface area contributed by atoms with E-state index in [1.165, 1.54) is 35.8 Å². The molecule has 1 N–H and O–H groups in total. The van der Waals surface area contributed by atoms with Crippen LogP contribution in [0.5, 0.6) is 0 Å². The molecule has 0 aromatic heterocycles. The second-order valence-corrected chi connectivity index (χ2v) is 10.1. The highest BCUT2D eigenvalue weighted by Gasteiger charge is 2.86. The molecule has 198 valence electrons. The third-order valence-electron chi connectivity index (χ3n) is 9.20. The van der Waals surface area contributed by atoms with E-state index in [1.54, 1.807) is 31.7 Å². The maximum absolute atomic E-state index is 13.7.